The van der Waals surface area contributed by atoms with Crippen molar-refractivity contribution < 1.29 is 28.6 Å². The van der Waals surface area contributed by atoms with E-state index in [0.717, 1.165) is 0 Å². The lowest BCUT2D eigenvalue weighted by Crippen LogP contribution is -2.30. The number of esters is 1. The van der Waals surface area contributed by atoms with Crippen molar-refractivity contribution in [3.63, 3.8) is 0 Å². The number of hydrogen-bond acceptors (Lipinski definition) is 7. The molecule has 0 bridgehead atoms. The summed E-state index contributed by atoms with van der Waals surface area (Å²) in [6, 6.07) is 15.5. The molecule has 1 unspecified atom stereocenters. The number of Topliss-reactive ketones (excluding diaryl/α,β-unsaturated/α-hetero) is 1. The summed E-state index contributed by atoms with van der Waals surface area (Å²) in [5, 5.41) is 13.9. The Labute approximate surface area is 221 Å². The molecule has 37 heavy (non-hydrogen) atoms. The normalized spacial score (nSPS) is 15.7. The fraction of sp³-hybridized carbons (Fsp3) is 0.179. The lowest BCUT2D eigenvalue weighted by atomic mass is 10.00. The number of benzene rings is 2. The predicted molar refractivity (Wildman–Crippen MR) is 141 cm³/mol. The van der Waals surface area contributed by atoms with Gasteiger partial charge in [0.15, 0.2) is 11.5 Å². The fourth-order valence-corrected chi connectivity index (χ4v) is 5.17. The Morgan fingerprint density at radius 2 is 1.89 bits per heavy atom. The molecule has 1 atom stereocenters. The number of nitrogens with zero attached hydrogens (tertiary/aromatic N) is 1. The van der Waals surface area contributed by atoms with Crippen LogP contribution in [-0.4, -0.2) is 29.4 Å². The van der Waals surface area contributed by atoms with Crippen molar-refractivity contribution in [3.8, 4) is 0 Å². The van der Waals surface area contributed by atoms with E-state index in [1.165, 1.54) is 16.2 Å². The highest BCUT2D eigenvalue weighted by molar-refractivity contribution is 7.10. The van der Waals surface area contributed by atoms with Gasteiger partial charge in [0, 0.05) is 21.0 Å². The molecule has 0 saturated heterocycles. The summed E-state index contributed by atoms with van der Waals surface area (Å²) in [6.45, 7) is 4.18. The van der Waals surface area contributed by atoms with Gasteiger partial charge in [-0.25, -0.2) is 4.79 Å². The number of halogens is 1. The first-order valence-electron chi connectivity index (χ1n) is 11.6. The number of ether oxygens (including phenoxy) is 1. The summed E-state index contributed by atoms with van der Waals surface area (Å²) >= 11 is 7.41. The molecule has 1 N–H and O–H groups in total. The number of carbonyl (C=O) groups is 3. The molecular formula is C28H22ClNO6S. The molecule has 2 aromatic carbocycles. The number of hydrogen-bond donors (Lipinski definition) is 1. The summed E-state index contributed by atoms with van der Waals surface area (Å²) in [4.78, 5) is 41.3. The van der Waals surface area contributed by atoms with Gasteiger partial charge < -0.3 is 14.3 Å². The summed E-state index contributed by atoms with van der Waals surface area (Å²) in [7, 11) is 0. The zero-order chi connectivity index (χ0) is 26.3. The Bertz CT molecular complexity index is 1530. The van der Waals surface area contributed by atoms with E-state index >= 15 is 0 Å². The van der Waals surface area contributed by atoms with Gasteiger partial charge in [-0.1, -0.05) is 31.5 Å². The van der Waals surface area contributed by atoms with Crippen molar-refractivity contribution in [1.82, 2.24) is 0 Å². The molecule has 0 fully saturated rings. The molecule has 9 heteroatoms. The van der Waals surface area contributed by atoms with Crippen LogP contribution < -0.4 is 4.90 Å². The lowest BCUT2D eigenvalue weighted by molar-refractivity contribution is -0.117. The SMILES string of the molecule is CC(C)COC(=O)c1ccc(N2C(=O)C(O)=C(C(=O)c3cc4cc(Cl)ccc4o3)C2c2cccs2)cc1. The van der Waals surface area contributed by atoms with Crippen molar-refractivity contribution >= 4 is 57.3 Å². The van der Waals surface area contributed by atoms with Crippen LogP contribution in [0, 0.1) is 5.92 Å². The fourth-order valence-electron chi connectivity index (χ4n) is 4.16. The average molecular weight is 536 g/mol. The third kappa shape index (κ3) is 4.65. The number of anilines is 1. The topological polar surface area (TPSA) is 97.0 Å². The van der Waals surface area contributed by atoms with E-state index < -0.39 is 29.5 Å². The maximum atomic E-state index is 13.6. The minimum absolute atomic E-state index is 0.0155. The van der Waals surface area contributed by atoms with Crippen molar-refractivity contribution in [2.24, 2.45) is 5.92 Å². The zero-order valence-corrected chi connectivity index (χ0v) is 21.5. The molecule has 5 rings (SSSR count). The van der Waals surface area contributed by atoms with Crippen LogP contribution in [0.3, 0.4) is 0 Å². The third-order valence-electron chi connectivity index (χ3n) is 5.90. The van der Waals surface area contributed by atoms with Crippen LogP contribution in [0.15, 0.2) is 81.8 Å². The predicted octanol–water partition coefficient (Wildman–Crippen LogP) is 6.74. The van der Waals surface area contributed by atoms with Crippen LogP contribution in [-0.2, 0) is 9.53 Å². The number of rotatable bonds is 7. The van der Waals surface area contributed by atoms with Crippen molar-refractivity contribution in [2.45, 2.75) is 19.9 Å². The number of fused-ring (bicyclic) bond motifs is 1. The zero-order valence-electron chi connectivity index (χ0n) is 19.9. The second-order valence-corrected chi connectivity index (χ2v) is 10.4. The number of ketones is 1. The number of carbonyl (C=O) groups excluding carboxylic acids is 3. The molecule has 1 aliphatic heterocycles. The van der Waals surface area contributed by atoms with Gasteiger partial charge in [-0.05, 0) is 65.9 Å². The summed E-state index contributed by atoms with van der Waals surface area (Å²) < 4.78 is 11.0. The van der Waals surface area contributed by atoms with Crippen LogP contribution in [0.1, 0.15) is 45.7 Å². The van der Waals surface area contributed by atoms with E-state index in [1.54, 1.807) is 60.7 Å². The van der Waals surface area contributed by atoms with Crippen molar-refractivity contribution in [2.75, 3.05) is 11.5 Å². The molecule has 0 radical (unpaired) electrons. The molecule has 0 aliphatic carbocycles. The molecule has 2 aromatic heterocycles. The highest BCUT2D eigenvalue weighted by atomic mass is 35.5. The van der Waals surface area contributed by atoms with Crippen LogP contribution in [0.4, 0.5) is 5.69 Å². The summed E-state index contributed by atoms with van der Waals surface area (Å²) in [5.74, 6) is -2.26. The second-order valence-electron chi connectivity index (χ2n) is 9.02. The molecule has 1 amide bonds. The van der Waals surface area contributed by atoms with Crippen LogP contribution >= 0.6 is 22.9 Å². The highest BCUT2D eigenvalue weighted by Crippen LogP contribution is 2.43. The number of aliphatic hydroxyl groups is 1. The van der Waals surface area contributed by atoms with Gasteiger partial charge >= 0.3 is 5.97 Å². The Kier molecular flexibility index (Phi) is 6.62. The van der Waals surface area contributed by atoms with Crippen molar-refractivity contribution in [1.29, 1.82) is 0 Å². The van der Waals surface area contributed by atoms with Crippen LogP contribution in [0.5, 0.6) is 0 Å². The first kappa shape index (κ1) is 24.8. The monoisotopic (exact) mass is 535 g/mol. The standard InChI is InChI=1S/C28H22ClNO6S/c1-15(2)14-35-28(34)16-5-8-19(9-6-16)30-24(22-4-3-11-37-22)23(26(32)27(30)33)25(31)21-13-17-12-18(29)7-10-20(17)36-21/h3-13,15,24,32H,14H2,1-2H3. The number of aliphatic hydroxyl groups excluding tert-OH is 1. The molecule has 188 valence electrons. The van der Waals surface area contributed by atoms with Gasteiger partial charge in [-0.3, -0.25) is 14.5 Å². The maximum Gasteiger partial charge on any atom is 0.338 e. The van der Waals surface area contributed by atoms with E-state index in [9.17, 15) is 19.5 Å². The third-order valence-corrected chi connectivity index (χ3v) is 7.06. The van der Waals surface area contributed by atoms with E-state index in [4.69, 9.17) is 20.8 Å². The highest BCUT2D eigenvalue weighted by Gasteiger charge is 2.45. The number of thiophene rings is 1. The molecule has 4 aromatic rings. The molecule has 0 saturated carbocycles. The van der Waals surface area contributed by atoms with Gasteiger partial charge in [0.05, 0.1) is 17.7 Å². The largest absolute Gasteiger partial charge is 0.503 e. The lowest BCUT2D eigenvalue weighted by Gasteiger charge is -2.25. The van der Waals surface area contributed by atoms with Gasteiger partial charge in [0.25, 0.3) is 5.91 Å². The molecule has 0 spiro atoms. The number of furan rings is 1. The van der Waals surface area contributed by atoms with Crippen LogP contribution in [0.2, 0.25) is 5.02 Å². The van der Waals surface area contributed by atoms with E-state index in [2.05, 4.69) is 0 Å². The summed E-state index contributed by atoms with van der Waals surface area (Å²) in [6.07, 6.45) is 0. The Morgan fingerprint density at radius 1 is 1.14 bits per heavy atom. The molecule has 3 heterocycles. The van der Waals surface area contributed by atoms with Gasteiger partial charge in [0.1, 0.15) is 11.6 Å². The maximum absolute atomic E-state index is 13.6. The number of amides is 1. The average Bonchev–Trinajstić information content (AvgIpc) is 3.61. The Hall–Kier alpha value is -3.88. The Morgan fingerprint density at radius 3 is 2.57 bits per heavy atom. The minimum atomic E-state index is -0.879. The Balaban J connectivity index is 1.51. The van der Waals surface area contributed by atoms with E-state index in [-0.39, 0.29) is 17.3 Å². The smallest absolute Gasteiger partial charge is 0.338 e. The van der Waals surface area contributed by atoms with Crippen molar-refractivity contribution in [3.05, 3.63) is 98.6 Å². The van der Waals surface area contributed by atoms with E-state index in [0.29, 0.717) is 38.7 Å². The van der Waals surface area contributed by atoms with Crippen LogP contribution in [0.25, 0.3) is 11.0 Å². The minimum Gasteiger partial charge on any atom is -0.503 e. The van der Waals surface area contributed by atoms with Gasteiger partial charge in [0.2, 0.25) is 5.78 Å². The first-order valence-corrected chi connectivity index (χ1v) is 12.8. The molecule has 7 nitrogen and oxygen atoms in total. The molecule has 1 aliphatic rings. The summed E-state index contributed by atoms with van der Waals surface area (Å²) in [5.41, 5.74) is 1.12. The van der Waals surface area contributed by atoms with Gasteiger partial charge in [-0.2, -0.15) is 0 Å². The first-order chi connectivity index (χ1) is 17.7. The molecular weight excluding hydrogens is 514 g/mol. The van der Waals surface area contributed by atoms with E-state index in [1.807, 2.05) is 19.2 Å². The van der Waals surface area contributed by atoms with Gasteiger partial charge in [-0.15, -0.1) is 11.3 Å². The second kappa shape index (κ2) is 9.88. The quantitative estimate of drug-likeness (QED) is 0.208.